The number of allylic oxidation sites excluding steroid dienone is 1. The largest absolute Gasteiger partial charge is 1.00 e. The average Bonchev–Trinajstić information content (AvgIpc) is 2.75. The molecule has 0 amide bonds. The van der Waals surface area contributed by atoms with Crippen molar-refractivity contribution in [1.29, 1.82) is 0 Å². The molecule has 0 spiro atoms. The number of benzene rings is 3. The second kappa shape index (κ2) is 9.68. The van der Waals surface area contributed by atoms with Crippen molar-refractivity contribution >= 4 is 23.2 Å². The molecule has 0 atom stereocenters. The Hall–Kier alpha value is -2.29. The fourth-order valence-electron chi connectivity index (χ4n) is 3.69. The molecule has 1 nitrogen and oxygen atoms in total. The lowest BCUT2D eigenvalue weighted by molar-refractivity contribution is -0.00000846. The van der Waals surface area contributed by atoms with Crippen LogP contribution in [0.5, 0.6) is 0 Å². The van der Waals surface area contributed by atoms with Gasteiger partial charge in [-0.3, -0.25) is 0 Å². The molecule has 0 N–H and O–H groups in total. The van der Waals surface area contributed by atoms with Crippen LogP contribution in [0.25, 0.3) is 0 Å². The van der Waals surface area contributed by atoms with Crippen LogP contribution in [0.1, 0.15) is 19.3 Å². The van der Waals surface area contributed by atoms with Gasteiger partial charge in [-0.25, -0.2) is 13.2 Å². The normalized spacial score (nSPS) is 15.4. The van der Waals surface area contributed by atoms with Crippen molar-refractivity contribution in [1.82, 2.24) is 0 Å². The molecule has 3 aromatic carbocycles. The molecule has 0 unspecified atom stereocenters. The van der Waals surface area contributed by atoms with Crippen molar-refractivity contribution in [2.75, 3.05) is 6.61 Å². The van der Waals surface area contributed by atoms with Gasteiger partial charge in [0.1, 0.15) is 52.2 Å². The maximum Gasteiger partial charge on any atom is 0.140 e. The molecule has 30 heavy (non-hydrogen) atoms. The van der Waals surface area contributed by atoms with E-state index in [4.69, 9.17) is 4.74 Å². The van der Waals surface area contributed by atoms with Gasteiger partial charge in [0.05, 0.1) is 6.61 Å². The third-order valence-electron chi connectivity index (χ3n) is 5.14. The van der Waals surface area contributed by atoms with E-state index in [2.05, 4.69) is 5.82 Å². The van der Waals surface area contributed by atoms with Gasteiger partial charge in [0, 0.05) is 6.42 Å². The molecular formula is C24H21ClF3OP. The molecule has 1 fully saturated rings. The second-order valence-corrected chi connectivity index (χ2v) is 10.3. The molecule has 0 bridgehead atoms. The Bertz CT molecular complexity index is 883. The summed E-state index contributed by atoms with van der Waals surface area (Å²) in [6.07, 6.45) is 2.85. The lowest BCUT2D eigenvalue weighted by Gasteiger charge is -2.26. The van der Waals surface area contributed by atoms with Gasteiger partial charge < -0.3 is 17.1 Å². The van der Waals surface area contributed by atoms with Crippen LogP contribution in [0.4, 0.5) is 13.2 Å². The molecule has 0 aromatic heterocycles. The Balaban J connectivity index is 0.00000256. The van der Waals surface area contributed by atoms with Gasteiger partial charge in [-0.05, 0) is 85.6 Å². The van der Waals surface area contributed by atoms with Crippen molar-refractivity contribution < 1.29 is 30.3 Å². The van der Waals surface area contributed by atoms with Crippen LogP contribution in [-0.4, -0.2) is 6.61 Å². The minimum atomic E-state index is -2.47. The van der Waals surface area contributed by atoms with Crippen LogP contribution in [0.15, 0.2) is 84.4 Å². The number of halogens is 4. The predicted molar refractivity (Wildman–Crippen MR) is 113 cm³/mol. The smallest absolute Gasteiger partial charge is 0.140 e. The van der Waals surface area contributed by atoms with Crippen LogP contribution in [0.2, 0.25) is 0 Å². The van der Waals surface area contributed by atoms with Crippen molar-refractivity contribution in [2.24, 2.45) is 0 Å². The van der Waals surface area contributed by atoms with E-state index in [1.54, 1.807) is 36.4 Å². The summed E-state index contributed by atoms with van der Waals surface area (Å²) < 4.78 is 47.1. The summed E-state index contributed by atoms with van der Waals surface area (Å²) in [7, 11) is -2.47. The highest BCUT2D eigenvalue weighted by Crippen LogP contribution is 2.58. The zero-order chi connectivity index (χ0) is 20.3. The fourth-order valence-corrected chi connectivity index (χ4v) is 7.53. The summed E-state index contributed by atoms with van der Waals surface area (Å²) in [5, 5.41) is 2.70. The molecule has 4 rings (SSSR count). The van der Waals surface area contributed by atoms with Crippen LogP contribution in [-0.2, 0) is 4.74 Å². The van der Waals surface area contributed by atoms with Gasteiger partial charge >= 0.3 is 0 Å². The highest BCUT2D eigenvalue weighted by molar-refractivity contribution is 7.98. The summed E-state index contributed by atoms with van der Waals surface area (Å²) in [5.74, 6) is 2.02. The summed E-state index contributed by atoms with van der Waals surface area (Å²) in [6.45, 7) is 0.655. The van der Waals surface area contributed by atoms with Gasteiger partial charge in [-0.15, -0.1) is 0 Å². The lowest BCUT2D eigenvalue weighted by atomic mass is 10.2. The van der Waals surface area contributed by atoms with E-state index in [1.807, 2.05) is 0 Å². The first-order valence-corrected chi connectivity index (χ1v) is 11.5. The number of hydrogen-bond donors (Lipinski definition) is 0. The number of ether oxygens (including phenoxy) is 1. The summed E-state index contributed by atoms with van der Waals surface area (Å²) in [6, 6.07) is 19.1. The van der Waals surface area contributed by atoms with E-state index in [1.165, 1.54) is 36.4 Å². The first kappa shape index (κ1) is 22.4. The van der Waals surface area contributed by atoms with Gasteiger partial charge in [0.25, 0.3) is 0 Å². The maximum atomic E-state index is 13.7. The highest BCUT2D eigenvalue weighted by Gasteiger charge is 2.45. The number of hydrogen-bond acceptors (Lipinski definition) is 1. The quantitative estimate of drug-likeness (QED) is 0.557. The van der Waals surface area contributed by atoms with Crippen molar-refractivity contribution in [2.45, 2.75) is 19.3 Å². The molecule has 6 heteroatoms. The molecule has 0 saturated carbocycles. The predicted octanol–water partition coefficient (Wildman–Crippen LogP) is 2.44. The molecule has 1 saturated heterocycles. The van der Waals surface area contributed by atoms with E-state index >= 15 is 0 Å². The van der Waals surface area contributed by atoms with E-state index in [0.717, 1.165) is 40.9 Å². The van der Waals surface area contributed by atoms with Gasteiger partial charge in [-0.2, -0.15) is 0 Å². The van der Waals surface area contributed by atoms with Crippen molar-refractivity contribution in [3.05, 3.63) is 102 Å². The molecule has 1 aliphatic heterocycles. The van der Waals surface area contributed by atoms with Gasteiger partial charge in [0.15, 0.2) is 0 Å². The Morgan fingerprint density at radius 2 is 1.03 bits per heavy atom. The Morgan fingerprint density at radius 1 is 0.633 bits per heavy atom. The topological polar surface area (TPSA) is 9.23 Å². The fraction of sp³-hybridized carbons (Fsp3) is 0.167. The van der Waals surface area contributed by atoms with Gasteiger partial charge in [0.2, 0.25) is 0 Å². The van der Waals surface area contributed by atoms with E-state index in [0.29, 0.717) is 6.61 Å². The summed E-state index contributed by atoms with van der Waals surface area (Å²) in [5.41, 5.74) is 0. The van der Waals surface area contributed by atoms with Crippen LogP contribution in [0, 0.1) is 17.5 Å². The minimum Gasteiger partial charge on any atom is -1.00 e. The molecule has 1 aliphatic rings. The summed E-state index contributed by atoms with van der Waals surface area (Å²) in [4.78, 5) is 0. The van der Waals surface area contributed by atoms with Crippen LogP contribution < -0.4 is 28.3 Å². The third-order valence-corrected chi connectivity index (χ3v) is 9.16. The highest BCUT2D eigenvalue weighted by atomic mass is 35.5. The van der Waals surface area contributed by atoms with E-state index < -0.39 is 7.26 Å². The Kier molecular flexibility index (Phi) is 7.23. The Morgan fingerprint density at radius 3 is 1.37 bits per heavy atom. The molecular weight excluding hydrogens is 428 g/mol. The molecule has 0 radical (unpaired) electrons. The monoisotopic (exact) mass is 448 g/mol. The van der Waals surface area contributed by atoms with Crippen LogP contribution >= 0.6 is 7.26 Å². The molecule has 156 valence electrons. The van der Waals surface area contributed by atoms with E-state index in [9.17, 15) is 13.2 Å². The van der Waals surface area contributed by atoms with E-state index in [-0.39, 0.29) is 29.9 Å². The SMILES string of the molecule is Fc1ccc([P+](/C=C2/CCCCO2)(c2ccc(F)cc2)c2ccc(F)cc2)cc1.[Cl-]. The van der Waals surface area contributed by atoms with Crippen molar-refractivity contribution in [3.63, 3.8) is 0 Å². The third kappa shape index (κ3) is 4.55. The second-order valence-electron chi connectivity index (χ2n) is 7.05. The maximum absolute atomic E-state index is 13.7. The average molecular weight is 449 g/mol. The first-order valence-electron chi connectivity index (χ1n) is 9.60. The zero-order valence-corrected chi connectivity index (χ0v) is 17.9. The summed E-state index contributed by atoms with van der Waals surface area (Å²) >= 11 is 0. The molecule has 3 aromatic rings. The minimum absolute atomic E-state index is 0. The standard InChI is InChI=1S/C24H21F3OP.ClH/c25-18-4-10-22(11-5-18)29(17-21-3-1-2-16-28-21,23-12-6-19(26)7-13-23)24-14-8-20(27)9-15-24;/h4-15,17H,1-3,16H2;1H/q+1;/p-1/b21-17-;. The van der Waals surface area contributed by atoms with Crippen molar-refractivity contribution in [3.8, 4) is 0 Å². The van der Waals surface area contributed by atoms with Crippen LogP contribution in [0.3, 0.4) is 0 Å². The Labute approximate surface area is 181 Å². The lowest BCUT2D eigenvalue weighted by Crippen LogP contribution is -3.00. The zero-order valence-electron chi connectivity index (χ0n) is 16.2. The molecule has 1 heterocycles. The van der Waals surface area contributed by atoms with Gasteiger partial charge in [-0.1, -0.05) is 0 Å². The first-order chi connectivity index (χ1) is 14.1. The number of rotatable bonds is 4. The molecule has 0 aliphatic carbocycles.